The van der Waals surface area contributed by atoms with Crippen molar-refractivity contribution in [2.45, 2.75) is 142 Å². The van der Waals surface area contributed by atoms with E-state index in [9.17, 15) is 19.8 Å². The SMILES string of the molecule is CCCCCCCCCCCC(=O)[O-].CCCCCCCCCCCC(=O)[O-].[Fe+2]. The maximum Gasteiger partial charge on any atom is 2.00 e. The van der Waals surface area contributed by atoms with E-state index in [1.807, 2.05) is 0 Å². The molecule has 0 bridgehead atoms. The van der Waals surface area contributed by atoms with E-state index in [-0.39, 0.29) is 29.9 Å². The molecule has 5 heteroatoms. The smallest absolute Gasteiger partial charge is 0.550 e. The predicted molar refractivity (Wildman–Crippen MR) is 114 cm³/mol. The zero-order chi connectivity index (χ0) is 21.3. The van der Waals surface area contributed by atoms with E-state index in [4.69, 9.17) is 0 Å². The quantitative estimate of drug-likeness (QED) is 0.184. The molecule has 0 spiro atoms. The maximum absolute atomic E-state index is 10.1. The van der Waals surface area contributed by atoms with Gasteiger partial charge in [-0.25, -0.2) is 0 Å². The van der Waals surface area contributed by atoms with Crippen molar-refractivity contribution in [1.29, 1.82) is 0 Å². The molecule has 0 aromatic rings. The number of carboxylic acid groups (broad SMARTS) is 2. The minimum absolute atomic E-state index is 0. The first-order valence-corrected chi connectivity index (χ1v) is 11.9. The van der Waals surface area contributed by atoms with Crippen LogP contribution in [-0.4, -0.2) is 11.9 Å². The molecule has 0 aliphatic rings. The Morgan fingerprint density at radius 1 is 0.448 bits per heavy atom. The molecule has 0 aliphatic heterocycles. The van der Waals surface area contributed by atoms with Gasteiger partial charge in [-0.05, 0) is 25.7 Å². The van der Waals surface area contributed by atoms with Crippen LogP contribution in [0.3, 0.4) is 0 Å². The summed E-state index contributed by atoms with van der Waals surface area (Å²) in [7, 11) is 0. The van der Waals surface area contributed by atoms with E-state index >= 15 is 0 Å². The van der Waals surface area contributed by atoms with Crippen LogP contribution >= 0.6 is 0 Å². The number of aliphatic carboxylic acids is 2. The number of unbranched alkanes of at least 4 members (excludes halogenated alkanes) is 16. The Bertz CT molecular complexity index is 303. The fourth-order valence-corrected chi connectivity index (χ4v) is 3.16. The van der Waals surface area contributed by atoms with Gasteiger partial charge in [-0.2, -0.15) is 0 Å². The first-order valence-electron chi connectivity index (χ1n) is 11.9. The molecular weight excluding hydrogens is 408 g/mol. The zero-order valence-corrected chi connectivity index (χ0v) is 20.2. The van der Waals surface area contributed by atoms with Crippen LogP contribution in [0, 0.1) is 0 Å². The number of carboxylic acids is 2. The number of hydrogen-bond donors (Lipinski definition) is 0. The summed E-state index contributed by atoms with van der Waals surface area (Å²) in [5.74, 6) is -1.82. The van der Waals surface area contributed by atoms with Crippen LogP contribution in [0.4, 0.5) is 0 Å². The molecule has 174 valence electrons. The minimum atomic E-state index is -0.909. The summed E-state index contributed by atoms with van der Waals surface area (Å²) in [6.07, 6.45) is 22.3. The van der Waals surface area contributed by atoms with Crippen molar-refractivity contribution < 1.29 is 36.9 Å². The monoisotopic (exact) mass is 454 g/mol. The van der Waals surface area contributed by atoms with Crippen LogP contribution < -0.4 is 10.2 Å². The molecule has 0 amide bonds. The van der Waals surface area contributed by atoms with Crippen molar-refractivity contribution in [3.8, 4) is 0 Å². The fraction of sp³-hybridized carbons (Fsp3) is 0.917. The van der Waals surface area contributed by atoms with Gasteiger partial charge in [0.1, 0.15) is 0 Å². The molecule has 0 aromatic heterocycles. The first kappa shape index (κ1) is 33.1. The molecule has 0 unspecified atom stereocenters. The number of hydrogen-bond acceptors (Lipinski definition) is 4. The van der Waals surface area contributed by atoms with Crippen molar-refractivity contribution in [2.24, 2.45) is 0 Å². The second-order valence-corrected chi connectivity index (χ2v) is 7.90. The average Bonchev–Trinajstić information content (AvgIpc) is 2.65. The molecule has 29 heavy (non-hydrogen) atoms. The number of carbonyl (C=O) groups is 2. The Balaban J connectivity index is -0.000000451. The van der Waals surface area contributed by atoms with Crippen LogP contribution in [0.2, 0.25) is 0 Å². The van der Waals surface area contributed by atoms with E-state index in [2.05, 4.69) is 13.8 Å². The molecule has 0 rings (SSSR count). The van der Waals surface area contributed by atoms with Crippen molar-refractivity contribution in [1.82, 2.24) is 0 Å². The van der Waals surface area contributed by atoms with Crippen LogP contribution in [0.5, 0.6) is 0 Å². The van der Waals surface area contributed by atoms with E-state index in [1.54, 1.807) is 0 Å². The molecule has 0 heterocycles. The minimum Gasteiger partial charge on any atom is -0.550 e. The van der Waals surface area contributed by atoms with Gasteiger partial charge in [-0.15, -0.1) is 0 Å². The van der Waals surface area contributed by atoms with Crippen molar-refractivity contribution >= 4 is 11.9 Å². The third kappa shape index (κ3) is 38.7. The molecule has 0 saturated carbocycles. The van der Waals surface area contributed by atoms with Gasteiger partial charge < -0.3 is 19.8 Å². The largest absolute Gasteiger partial charge is 2.00 e. The topological polar surface area (TPSA) is 80.3 Å². The van der Waals surface area contributed by atoms with Gasteiger partial charge in [0.2, 0.25) is 0 Å². The van der Waals surface area contributed by atoms with Crippen LogP contribution in [0.15, 0.2) is 0 Å². The van der Waals surface area contributed by atoms with Gasteiger partial charge in [0.15, 0.2) is 0 Å². The molecule has 0 N–H and O–H groups in total. The second-order valence-electron chi connectivity index (χ2n) is 7.90. The maximum atomic E-state index is 10.1. The molecule has 0 aromatic carbocycles. The van der Waals surface area contributed by atoms with Crippen molar-refractivity contribution in [3.05, 3.63) is 0 Å². The van der Waals surface area contributed by atoms with Crippen LogP contribution in [-0.2, 0) is 26.7 Å². The average molecular weight is 454 g/mol. The van der Waals surface area contributed by atoms with Crippen molar-refractivity contribution in [3.63, 3.8) is 0 Å². The molecule has 0 saturated heterocycles. The summed E-state index contributed by atoms with van der Waals surface area (Å²) < 4.78 is 0. The molecule has 0 aliphatic carbocycles. The van der Waals surface area contributed by atoms with Gasteiger partial charge in [0.05, 0.1) is 0 Å². The van der Waals surface area contributed by atoms with Gasteiger partial charge in [0.25, 0.3) is 0 Å². The summed E-state index contributed by atoms with van der Waals surface area (Å²) in [6.45, 7) is 4.44. The summed E-state index contributed by atoms with van der Waals surface area (Å²) in [5, 5.41) is 20.2. The van der Waals surface area contributed by atoms with Gasteiger partial charge in [-0.1, -0.05) is 117 Å². The molecule has 4 nitrogen and oxygen atoms in total. The Labute approximate surface area is 191 Å². The summed E-state index contributed by atoms with van der Waals surface area (Å²) in [5.41, 5.74) is 0. The Morgan fingerprint density at radius 3 is 0.862 bits per heavy atom. The molecule has 0 radical (unpaired) electrons. The van der Waals surface area contributed by atoms with Crippen molar-refractivity contribution in [2.75, 3.05) is 0 Å². The summed E-state index contributed by atoms with van der Waals surface area (Å²) in [4.78, 5) is 20.2. The molecular formula is C24H46FeO4. The third-order valence-corrected chi connectivity index (χ3v) is 4.97. The van der Waals surface area contributed by atoms with E-state index in [0.29, 0.717) is 0 Å². The first-order chi connectivity index (χ1) is 13.5. The Kier molecular flexibility index (Phi) is 33.9. The fourth-order valence-electron chi connectivity index (χ4n) is 3.16. The summed E-state index contributed by atoms with van der Waals surface area (Å²) in [6, 6.07) is 0. The Hall–Kier alpha value is -0.541. The van der Waals surface area contributed by atoms with E-state index < -0.39 is 11.9 Å². The van der Waals surface area contributed by atoms with Gasteiger partial charge in [-0.3, -0.25) is 0 Å². The Morgan fingerprint density at radius 2 is 0.655 bits per heavy atom. The predicted octanol–water partition coefficient (Wildman–Crippen LogP) is 5.31. The molecule has 0 atom stereocenters. The molecule has 0 fully saturated rings. The van der Waals surface area contributed by atoms with Crippen LogP contribution in [0.25, 0.3) is 0 Å². The third-order valence-electron chi connectivity index (χ3n) is 4.97. The number of carbonyl (C=O) groups excluding carboxylic acids is 2. The standard InChI is InChI=1S/2C12H24O2.Fe/c2*1-2-3-4-5-6-7-8-9-10-11-12(13)14;/h2*2-11H2,1H3,(H,13,14);/q;;+2/p-2. The number of rotatable bonds is 20. The summed E-state index contributed by atoms with van der Waals surface area (Å²) >= 11 is 0. The normalized spacial score (nSPS) is 10.0. The zero-order valence-electron chi connectivity index (χ0n) is 19.1. The van der Waals surface area contributed by atoms with Crippen LogP contribution in [0.1, 0.15) is 142 Å². The van der Waals surface area contributed by atoms with Gasteiger partial charge in [0, 0.05) is 11.9 Å². The van der Waals surface area contributed by atoms with E-state index in [0.717, 1.165) is 25.7 Å². The second kappa shape index (κ2) is 29.7. The van der Waals surface area contributed by atoms with E-state index in [1.165, 1.54) is 89.9 Å². The van der Waals surface area contributed by atoms with Gasteiger partial charge >= 0.3 is 17.1 Å².